The highest BCUT2D eigenvalue weighted by molar-refractivity contribution is 5.89. The van der Waals surface area contributed by atoms with E-state index in [-0.39, 0.29) is 31.5 Å². The van der Waals surface area contributed by atoms with E-state index in [4.69, 9.17) is 9.47 Å². The van der Waals surface area contributed by atoms with Crippen molar-refractivity contribution in [3.63, 3.8) is 0 Å². The van der Waals surface area contributed by atoms with Crippen LogP contribution in [0.25, 0.3) is 0 Å². The number of imidazole rings is 1. The van der Waals surface area contributed by atoms with E-state index in [1.54, 1.807) is 31.2 Å². The average Bonchev–Trinajstić information content (AvgIpc) is 2.95. The highest BCUT2D eigenvalue weighted by atomic mass is 16.7. The number of aromatic hydroxyl groups is 1. The van der Waals surface area contributed by atoms with Gasteiger partial charge in [0, 0.05) is 0 Å². The molecule has 0 unspecified atom stereocenters. The van der Waals surface area contributed by atoms with Crippen LogP contribution in [0.3, 0.4) is 0 Å². The molecule has 2 aromatic rings. The molecular weight excluding hydrogens is 332 g/mol. The second kappa shape index (κ2) is 8.57. The Kier molecular flexibility index (Phi) is 6.21. The number of rotatable bonds is 7. The lowest BCUT2D eigenvalue weighted by Gasteiger charge is -2.08. The van der Waals surface area contributed by atoms with Crippen LogP contribution in [0.2, 0.25) is 0 Å². The number of hydrogen-bond donors (Lipinski definition) is 1. The van der Waals surface area contributed by atoms with Crippen molar-refractivity contribution >= 4 is 12.1 Å². The lowest BCUT2D eigenvalue weighted by molar-refractivity contribution is 0.0600. The SMILES string of the molecule is CCOC(=O)Oc1ncn(CCOc2ccc(C(=O)OC)cc2)c1O. The van der Waals surface area contributed by atoms with E-state index in [2.05, 4.69) is 14.5 Å². The minimum absolute atomic E-state index is 0.156. The normalized spacial score (nSPS) is 10.2. The third kappa shape index (κ3) is 4.87. The molecule has 0 saturated heterocycles. The Hall–Kier alpha value is -3.23. The minimum Gasteiger partial charge on any atom is -0.492 e. The first-order valence-electron chi connectivity index (χ1n) is 7.45. The zero-order chi connectivity index (χ0) is 18.2. The molecule has 2 rings (SSSR count). The van der Waals surface area contributed by atoms with Gasteiger partial charge in [0.25, 0.3) is 11.8 Å². The van der Waals surface area contributed by atoms with E-state index >= 15 is 0 Å². The van der Waals surface area contributed by atoms with Crippen LogP contribution in [0.15, 0.2) is 30.6 Å². The number of carbonyl (C=O) groups is 2. The lowest BCUT2D eigenvalue weighted by atomic mass is 10.2. The highest BCUT2D eigenvalue weighted by Gasteiger charge is 2.15. The molecule has 0 aliphatic rings. The molecule has 0 saturated carbocycles. The van der Waals surface area contributed by atoms with Crippen molar-refractivity contribution in [3.05, 3.63) is 36.2 Å². The fraction of sp³-hybridized carbons (Fsp3) is 0.312. The number of benzene rings is 1. The van der Waals surface area contributed by atoms with Gasteiger partial charge < -0.3 is 24.1 Å². The fourth-order valence-electron chi connectivity index (χ4n) is 1.89. The van der Waals surface area contributed by atoms with Crippen molar-refractivity contribution in [1.82, 2.24) is 9.55 Å². The summed E-state index contributed by atoms with van der Waals surface area (Å²) < 4.78 is 20.8. The number of aromatic nitrogens is 2. The van der Waals surface area contributed by atoms with Gasteiger partial charge in [0.15, 0.2) is 0 Å². The Morgan fingerprint density at radius 2 is 1.96 bits per heavy atom. The summed E-state index contributed by atoms with van der Waals surface area (Å²) in [6.07, 6.45) is 0.373. The van der Waals surface area contributed by atoms with E-state index in [0.717, 1.165) is 0 Å². The van der Waals surface area contributed by atoms with Crippen LogP contribution < -0.4 is 9.47 Å². The summed E-state index contributed by atoms with van der Waals surface area (Å²) >= 11 is 0. The molecule has 1 heterocycles. The van der Waals surface area contributed by atoms with Crippen LogP contribution in [0, 0.1) is 0 Å². The van der Waals surface area contributed by atoms with Crippen molar-refractivity contribution in [2.24, 2.45) is 0 Å². The maximum Gasteiger partial charge on any atom is 0.515 e. The molecule has 9 heteroatoms. The molecule has 0 atom stereocenters. The van der Waals surface area contributed by atoms with Gasteiger partial charge in [0.2, 0.25) is 0 Å². The smallest absolute Gasteiger partial charge is 0.492 e. The van der Waals surface area contributed by atoms with E-state index in [1.165, 1.54) is 18.0 Å². The molecule has 1 N–H and O–H groups in total. The predicted octanol–water partition coefficient (Wildman–Crippen LogP) is 1.99. The summed E-state index contributed by atoms with van der Waals surface area (Å²) in [5, 5.41) is 9.93. The quantitative estimate of drug-likeness (QED) is 0.755. The van der Waals surface area contributed by atoms with Gasteiger partial charge in [-0.15, -0.1) is 0 Å². The molecule has 134 valence electrons. The second-order valence-corrected chi connectivity index (χ2v) is 4.72. The monoisotopic (exact) mass is 350 g/mol. The van der Waals surface area contributed by atoms with Gasteiger partial charge >= 0.3 is 12.1 Å². The van der Waals surface area contributed by atoms with Crippen LogP contribution in [0.4, 0.5) is 4.79 Å². The number of methoxy groups -OCH3 is 1. The number of esters is 1. The van der Waals surface area contributed by atoms with Crippen LogP contribution in [0.1, 0.15) is 17.3 Å². The van der Waals surface area contributed by atoms with Crippen molar-refractivity contribution in [3.8, 4) is 17.5 Å². The van der Waals surface area contributed by atoms with Gasteiger partial charge in [-0.05, 0) is 31.2 Å². The molecule has 0 radical (unpaired) electrons. The molecule has 0 aliphatic carbocycles. The fourth-order valence-corrected chi connectivity index (χ4v) is 1.89. The summed E-state index contributed by atoms with van der Waals surface area (Å²) in [5.74, 6) is -0.419. The number of carbonyl (C=O) groups excluding carboxylic acids is 2. The molecule has 0 amide bonds. The zero-order valence-corrected chi connectivity index (χ0v) is 13.8. The van der Waals surface area contributed by atoms with Gasteiger partial charge in [0.05, 0.1) is 25.8 Å². The Morgan fingerprint density at radius 1 is 1.24 bits per heavy atom. The standard InChI is InChI=1S/C16H18N2O7/c1-3-23-16(21)25-13-14(19)18(10-17-13)8-9-24-12-6-4-11(5-7-12)15(20)22-2/h4-7,10,19H,3,8-9H2,1-2H3. The third-order valence-electron chi connectivity index (χ3n) is 3.10. The molecule has 0 aliphatic heterocycles. The second-order valence-electron chi connectivity index (χ2n) is 4.72. The molecule has 0 spiro atoms. The largest absolute Gasteiger partial charge is 0.515 e. The van der Waals surface area contributed by atoms with Gasteiger partial charge in [0.1, 0.15) is 18.7 Å². The van der Waals surface area contributed by atoms with Crippen molar-refractivity contribution in [2.75, 3.05) is 20.3 Å². The van der Waals surface area contributed by atoms with Gasteiger partial charge in [-0.25, -0.2) is 9.59 Å². The highest BCUT2D eigenvalue weighted by Crippen LogP contribution is 2.24. The van der Waals surface area contributed by atoms with Gasteiger partial charge in [-0.1, -0.05) is 0 Å². The number of nitrogens with zero attached hydrogens (tertiary/aromatic N) is 2. The first kappa shape index (κ1) is 18.1. The van der Waals surface area contributed by atoms with E-state index in [1.807, 2.05) is 0 Å². The minimum atomic E-state index is -0.940. The van der Waals surface area contributed by atoms with Crippen LogP contribution in [-0.2, 0) is 16.0 Å². The van der Waals surface area contributed by atoms with Crippen LogP contribution in [-0.4, -0.2) is 47.1 Å². The maximum absolute atomic E-state index is 11.3. The third-order valence-corrected chi connectivity index (χ3v) is 3.10. The zero-order valence-electron chi connectivity index (χ0n) is 13.8. The van der Waals surface area contributed by atoms with E-state index < -0.39 is 12.1 Å². The van der Waals surface area contributed by atoms with E-state index in [0.29, 0.717) is 11.3 Å². The Morgan fingerprint density at radius 3 is 2.60 bits per heavy atom. The summed E-state index contributed by atoms with van der Waals surface area (Å²) in [6.45, 7) is 2.28. The van der Waals surface area contributed by atoms with E-state index in [9.17, 15) is 14.7 Å². The summed E-state index contributed by atoms with van der Waals surface area (Å²) in [5.41, 5.74) is 0.419. The summed E-state index contributed by atoms with van der Waals surface area (Å²) in [7, 11) is 1.31. The first-order chi connectivity index (χ1) is 12.0. The Bertz CT molecular complexity index is 725. The topological polar surface area (TPSA) is 109 Å². The van der Waals surface area contributed by atoms with Crippen molar-refractivity contribution < 1.29 is 33.6 Å². The lowest BCUT2D eigenvalue weighted by Crippen LogP contribution is -2.11. The number of ether oxygens (including phenoxy) is 4. The molecule has 1 aromatic heterocycles. The molecule has 0 fully saturated rings. The molecular formula is C16H18N2O7. The first-order valence-corrected chi connectivity index (χ1v) is 7.45. The van der Waals surface area contributed by atoms with Gasteiger partial charge in [-0.2, -0.15) is 4.98 Å². The predicted molar refractivity (Wildman–Crippen MR) is 84.8 cm³/mol. The number of hydrogen-bond acceptors (Lipinski definition) is 8. The molecule has 1 aromatic carbocycles. The van der Waals surface area contributed by atoms with Crippen molar-refractivity contribution in [1.29, 1.82) is 0 Å². The van der Waals surface area contributed by atoms with Crippen LogP contribution >= 0.6 is 0 Å². The Balaban J connectivity index is 1.86. The van der Waals surface area contributed by atoms with Crippen molar-refractivity contribution in [2.45, 2.75) is 13.5 Å². The molecule has 9 nitrogen and oxygen atoms in total. The van der Waals surface area contributed by atoms with Gasteiger partial charge in [-0.3, -0.25) is 4.57 Å². The average molecular weight is 350 g/mol. The molecule has 0 bridgehead atoms. The maximum atomic E-state index is 11.3. The van der Waals surface area contributed by atoms with Crippen LogP contribution in [0.5, 0.6) is 17.5 Å². The molecule has 25 heavy (non-hydrogen) atoms. The summed E-state index contributed by atoms with van der Waals surface area (Å²) in [6, 6.07) is 6.44. The summed E-state index contributed by atoms with van der Waals surface area (Å²) in [4.78, 5) is 26.3. The Labute approximate surface area is 143 Å².